The number of nitrogens with zero attached hydrogens (tertiary/aromatic N) is 3. The van der Waals surface area contributed by atoms with Gasteiger partial charge < -0.3 is 15.0 Å². The molecule has 2 aromatic heterocycles. The van der Waals surface area contributed by atoms with Gasteiger partial charge in [0.15, 0.2) is 0 Å². The van der Waals surface area contributed by atoms with Crippen molar-refractivity contribution in [1.29, 1.82) is 0 Å². The van der Waals surface area contributed by atoms with Crippen molar-refractivity contribution in [2.45, 2.75) is 19.3 Å². The molecule has 0 unspecified atom stereocenters. The molecule has 1 aliphatic carbocycles. The molecule has 0 atom stereocenters. The molecular weight excluding hydrogens is 332 g/mol. The van der Waals surface area contributed by atoms with Crippen LogP contribution in [0.25, 0.3) is 10.2 Å². The van der Waals surface area contributed by atoms with E-state index in [1.54, 1.807) is 6.33 Å². The van der Waals surface area contributed by atoms with Crippen molar-refractivity contribution in [3.63, 3.8) is 0 Å². The summed E-state index contributed by atoms with van der Waals surface area (Å²) in [6.45, 7) is 3.53. The summed E-state index contributed by atoms with van der Waals surface area (Å²) in [7, 11) is 0. The van der Waals surface area contributed by atoms with Gasteiger partial charge in [0.2, 0.25) is 0 Å². The molecule has 1 saturated heterocycles. The zero-order valence-electron chi connectivity index (χ0n) is 14.0. The molecule has 1 N–H and O–H groups in total. The summed E-state index contributed by atoms with van der Waals surface area (Å²) in [5.41, 5.74) is 3.76. The van der Waals surface area contributed by atoms with Gasteiger partial charge >= 0.3 is 0 Å². The Hall–Kier alpha value is -2.18. The van der Waals surface area contributed by atoms with E-state index in [1.165, 1.54) is 34.4 Å². The Bertz CT molecular complexity index is 900. The van der Waals surface area contributed by atoms with Crippen molar-refractivity contribution >= 4 is 38.7 Å². The molecule has 1 aliphatic heterocycles. The average Bonchev–Trinajstić information content (AvgIpc) is 3.24. The van der Waals surface area contributed by atoms with E-state index in [4.69, 9.17) is 4.74 Å². The van der Waals surface area contributed by atoms with Crippen LogP contribution in [0.5, 0.6) is 0 Å². The number of fused-ring (bicyclic) bond motifs is 3. The second kappa shape index (κ2) is 6.28. The summed E-state index contributed by atoms with van der Waals surface area (Å²) in [4.78, 5) is 13.9. The summed E-state index contributed by atoms with van der Waals surface area (Å²) < 4.78 is 5.43. The molecule has 5 nitrogen and oxygen atoms in total. The third-order valence-electron chi connectivity index (χ3n) is 5.01. The van der Waals surface area contributed by atoms with Crippen LogP contribution in [0.4, 0.5) is 17.2 Å². The van der Waals surface area contributed by atoms with Crippen LogP contribution in [-0.2, 0) is 17.6 Å². The fourth-order valence-electron chi connectivity index (χ4n) is 3.74. The first kappa shape index (κ1) is 15.1. The van der Waals surface area contributed by atoms with E-state index in [2.05, 4.69) is 44.5 Å². The average molecular weight is 352 g/mol. The summed E-state index contributed by atoms with van der Waals surface area (Å²) in [5.74, 6) is 0.934. The van der Waals surface area contributed by atoms with Crippen LogP contribution in [0.2, 0.25) is 0 Å². The number of thiophene rings is 1. The third kappa shape index (κ3) is 2.75. The largest absolute Gasteiger partial charge is 0.378 e. The molecule has 5 rings (SSSR count). The Morgan fingerprint density at radius 3 is 2.72 bits per heavy atom. The highest BCUT2D eigenvalue weighted by molar-refractivity contribution is 7.19. The highest BCUT2D eigenvalue weighted by Gasteiger charge is 2.21. The highest BCUT2D eigenvalue weighted by Crippen LogP contribution is 2.39. The van der Waals surface area contributed by atoms with Gasteiger partial charge in [-0.2, -0.15) is 0 Å². The number of ether oxygens (including phenoxy) is 1. The fraction of sp³-hybridized carbons (Fsp3) is 0.368. The first-order valence-corrected chi connectivity index (χ1v) is 9.65. The van der Waals surface area contributed by atoms with Gasteiger partial charge in [0, 0.05) is 29.3 Å². The Morgan fingerprint density at radius 1 is 1.04 bits per heavy atom. The minimum absolute atomic E-state index is 0.808. The predicted octanol–water partition coefficient (Wildman–Crippen LogP) is 3.76. The highest BCUT2D eigenvalue weighted by atomic mass is 32.1. The van der Waals surface area contributed by atoms with Crippen LogP contribution in [-0.4, -0.2) is 36.3 Å². The van der Waals surface area contributed by atoms with Gasteiger partial charge in [-0.15, -0.1) is 11.3 Å². The summed E-state index contributed by atoms with van der Waals surface area (Å²) in [6.07, 6.45) is 5.25. The fourth-order valence-corrected chi connectivity index (χ4v) is 4.97. The number of morpholine rings is 1. The Morgan fingerprint density at radius 2 is 1.88 bits per heavy atom. The van der Waals surface area contributed by atoms with E-state index in [0.717, 1.165) is 49.1 Å². The number of aromatic nitrogens is 2. The quantitative estimate of drug-likeness (QED) is 0.778. The molecule has 0 saturated carbocycles. The zero-order chi connectivity index (χ0) is 16.6. The van der Waals surface area contributed by atoms with Gasteiger partial charge in [-0.1, -0.05) is 0 Å². The Balaban J connectivity index is 1.43. The standard InChI is InChI=1S/C19H20N4OS/c1-2-15-16(3-1)25-19-17(15)18(20-12-21-19)22-13-4-6-14(7-5-13)23-8-10-24-11-9-23/h4-7,12H,1-3,8-11H2,(H,20,21,22). The van der Waals surface area contributed by atoms with Crippen molar-refractivity contribution in [3.05, 3.63) is 41.0 Å². The van der Waals surface area contributed by atoms with Gasteiger partial charge in [-0.05, 0) is 49.1 Å². The summed E-state index contributed by atoms with van der Waals surface area (Å²) in [6, 6.07) is 8.60. The minimum Gasteiger partial charge on any atom is -0.378 e. The number of hydrogen-bond donors (Lipinski definition) is 1. The lowest BCUT2D eigenvalue weighted by Crippen LogP contribution is -2.36. The second-order valence-corrected chi connectivity index (χ2v) is 7.61. The van der Waals surface area contributed by atoms with E-state index in [0.29, 0.717) is 0 Å². The normalized spacial score (nSPS) is 17.0. The SMILES string of the molecule is c1nc(Nc2ccc(N3CCOCC3)cc2)c2c3c(sc2n1)CCC3. The van der Waals surface area contributed by atoms with Gasteiger partial charge in [0.25, 0.3) is 0 Å². The lowest BCUT2D eigenvalue weighted by atomic mass is 10.2. The van der Waals surface area contributed by atoms with Gasteiger partial charge in [-0.3, -0.25) is 0 Å². The molecule has 25 heavy (non-hydrogen) atoms. The number of rotatable bonds is 3. The first-order valence-electron chi connectivity index (χ1n) is 8.83. The monoisotopic (exact) mass is 352 g/mol. The second-order valence-electron chi connectivity index (χ2n) is 6.53. The molecule has 0 amide bonds. The zero-order valence-corrected chi connectivity index (χ0v) is 14.8. The molecule has 1 fully saturated rings. The Kier molecular flexibility index (Phi) is 3.79. The van der Waals surface area contributed by atoms with Gasteiger partial charge in [0.1, 0.15) is 17.0 Å². The number of aryl methyl sites for hydroxylation is 2. The van der Waals surface area contributed by atoms with Crippen molar-refractivity contribution < 1.29 is 4.74 Å². The molecule has 2 aliphatic rings. The number of anilines is 3. The molecule has 3 aromatic rings. The number of benzene rings is 1. The number of hydrogen-bond acceptors (Lipinski definition) is 6. The summed E-state index contributed by atoms with van der Waals surface area (Å²) in [5, 5.41) is 4.72. The van der Waals surface area contributed by atoms with Crippen LogP contribution in [0, 0.1) is 0 Å². The maximum Gasteiger partial charge on any atom is 0.142 e. The lowest BCUT2D eigenvalue weighted by molar-refractivity contribution is 0.122. The molecule has 1 aromatic carbocycles. The topological polar surface area (TPSA) is 50.3 Å². The summed E-state index contributed by atoms with van der Waals surface area (Å²) >= 11 is 1.82. The molecule has 0 radical (unpaired) electrons. The molecule has 6 heteroatoms. The predicted molar refractivity (Wildman–Crippen MR) is 102 cm³/mol. The number of nitrogens with one attached hydrogen (secondary N) is 1. The molecule has 0 spiro atoms. The first-order chi connectivity index (χ1) is 12.4. The minimum atomic E-state index is 0.808. The maximum absolute atomic E-state index is 5.43. The molecule has 3 heterocycles. The molecular formula is C19H20N4OS. The smallest absolute Gasteiger partial charge is 0.142 e. The van der Waals surface area contributed by atoms with E-state index in [-0.39, 0.29) is 0 Å². The van der Waals surface area contributed by atoms with E-state index >= 15 is 0 Å². The van der Waals surface area contributed by atoms with E-state index < -0.39 is 0 Å². The lowest BCUT2D eigenvalue weighted by Gasteiger charge is -2.28. The van der Waals surface area contributed by atoms with Crippen LogP contribution in [0.1, 0.15) is 16.9 Å². The van der Waals surface area contributed by atoms with Crippen LogP contribution in [0.3, 0.4) is 0 Å². The Labute approximate surface area is 150 Å². The van der Waals surface area contributed by atoms with E-state index in [1.807, 2.05) is 11.3 Å². The van der Waals surface area contributed by atoms with Crippen molar-refractivity contribution in [2.24, 2.45) is 0 Å². The van der Waals surface area contributed by atoms with Crippen molar-refractivity contribution in [2.75, 3.05) is 36.5 Å². The van der Waals surface area contributed by atoms with Crippen LogP contribution < -0.4 is 10.2 Å². The van der Waals surface area contributed by atoms with E-state index in [9.17, 15) is 0 Å². The molecule has 0 bridgehead atoms. The van der Waals surface area contributed by atoms with Crippen LogP contribution >= 0.6 is 11.3 Å². The van der Waals surface area contributed by atoms with Crippen LogP contribution in [0.15, 0.2) is 30.6 Å². The van der Waals surface area contributed by atoms with Crippen molar-refractivity contribution in [1.82, 2.24) is 9.97 Å². The van der Waals surface area contributed by atoms with Gasteiger partial charge in [0.05, 0.1) is 18.6 Å². The maximum atomic E-state index is 5.43. The van der Waals surface area contributed by atoms with Crippen molar-refractivity contribution in [3.8, 4) is 0 Å². The third-order valence-corrected chi connectivity index (χ3v) is 6.21. The van der Waals surface area contributed by atoms with Gasteiger partial charge in [-0.25, -0.2) is 9.97 Å². The molecule has 128 valence electrons.